The minimum absolute atomic E-state index is 0.0750. The smallest absolute Gasteiger partial charge is 0.231 e. The number of rotatable bonds is 5. The van der Waals surface area contributed by atoms with E-state index in [0.29, 0.717) is 12.1 Å². The van der Waals surface area contributed by atoms with Gasteiger partial charge in [0.05, 0.1) is 6.42 Å². The Hall–Kier alpha value is -2.42. The molecule has 1 aliphatic rings. The molecule has 3 heteroatoms. The number of hydrogen-bond acceptors (Lipinski definition) is 2. The highest BCUT2D eigenvalue weighted by Gasteiger charge is 2.11. The highest BCUT2D eigenvalue weighted by molar-refractivity contribution is 6.05. The quantitative estimate of drug-likeness (QED) is 0.834. The van der Waals surface area contributed by atoms with E-state index in [4.69, 9.17) is 0 Å². The molecule has 0 fully saturated rings. The van der Waals surface area contributed by atoms with Crippen molar-refractivity contribution in [3.05, 3.63) is 65.8 Å². The Morgan fingerprint density at radius 1 is 1.19 bits per heavy atom. The molecule has 1 amide bonds. The molecule has 2 rings (SSSR count). The van der Waals surface area contributed by atoms with E-state index in [2.05, 4.69) is 11.4 Å². The fourth-order valence-electron chi connectivity index (χ4n) is 2.18. The predicted octanol–water partition coefficient (Wildman–Crippen LogP) is 3.81. The molecule has 1 aromatic carbocycles. The zero-order valence-electron chi connectivity index (χ0n) is 12.1. The van der Waals surface area contributed by atoms with Gasteiger partial charge in [-0.05, 0) is 31.1 Å². The summed E-state index contributed by atoms with van der Waals surface area (Å²) in [6.07, 6.45) is 9.17. The Morgan fingerprint density at radius 2 is 1.95 bits per heavy atom. The second-order valence-corrected chi connectivity index (χ2v) is 5.11. The number of benzene rings is 1. The first kappa shape index (κ1) is 15.0. The third kappa shape index (κ3) is 5.22. The van der Waals surface area contributed by atoms with Crippen molar-refractivity contribution in [3.8, 4) is 0 Å². The molecule has 0 saturated carbocycles. The first-order valence-electron chi connectivity index (χ1n) is 7.04. The van der Waals surface area contributed by atoms with Crippen molar-refractivity contribution in [1.82, 2.24) is 0 Å². The summed E-state index contributed by atoms with van der Waals surface area (Å²) in [5.41, 5.74) is 2.82. The second-order valence-electron chi connectivity index (χ2n) is 5.11. The van der Waals surface area contributed by atoms with Gasteiger partial charge in [0.1, 0.15) is 5.78 Å². The summed E-state index contributed by atoms with van der Waals surface area (Å²) in [4.78, 5) is 23.8. The summed E-state index contributed by atoms with van der Waals surface area (Å²) in [7, 11) is 0. The Kier molecular flexibility index (Phi) is 5.27. The third-order valence-corrected chi connectivity index (χ3v) is 3.14. The number of ketones is 1. The van der Waals surface area contributed by atoms with E-state index in [-0.39, 0.29) is 18.1 Å². The summed E-state index contributed by atoms with van der Waals surface area (Å²) in [6.45, 7) is 2.01. The van der Waals surface area contributed by atoms with Crippen LogP contribution in [-0.4, -0.2) is 11.7 Å². The molecule has 108 valence electrons. The van der Waals surface area contributed by atoms with E-state index < -0.39 is 0 Å². The SMILES string of the molecule is CC1=CCC=CC(CC(=O)CC(=O)Nc2ccccc2)=C1. The number of anilines is 1. The third-order valence-electron chi connectivity index (χ3n) is 3.14. The van der Waals surface area contributed by atoms with Gasteiger partial charge in [0, 0.05) is 12.1 Å². The molecule has 0 unspecified atom stereocenters. The first-order valence-corrected chi connectivity index (χ1v) is 7.04. The fraction of sp³-hybridized carbons (Fsp3) is 0.222. The molecule has 0 aromatic heterocycles. The van der Waals surface area contributed by atoms with E-state index >= 15 is 0 Å². The molecule has 0 heterocycles. The minimum atomic E-state index is -0.267. The molecular weight excluding hydrogens is 262 g/mol. The number of amides is 1. The maximum atomic E-state index is 12.0. The highest BCUT2D eigenvalue weighted by atomic mass is 16.2. The molecule has 0 spiro atoms. The monoisotopic (exact) mass is 281 g/mol. The molecule has 0 aliphatic heterocycles. The summed E-state index contributed by atoms with van der Waals surface area (Å²) in [6, 6.07) is 9.16. The average molecular weight is 281 g/mol. The van der Waals surface area contributed by atoms with Crippen LogP contribution in [0.2, 0.25) is 0 Å². The lowest BCUT2D eigenvalue weighted by Crippen LogP contribution is -2.16. The average Bonchev–Trinajstić information content (AvgIpc) is 2.63. The minimum Gasteiger partial charge on any atom is -0.326 e. The predicted molar refractivity (Wildman–Crippen MR) is 84.9 cm³/mol. The van der Waals surface area contributed by atoms with Crippen LogP contribution in [0.25, 0.3) is 0 Å². The number of allylic oxidation sites excluding steroid dienone is 6. The van der Waals surface area contributed by atoms with Gasteiger partial charge in [0.25, 0.3) is 0 Å². The van der Waals surface area contributed by atoms with Crippen LogP contribution in [0.4, 0.5) is 5.69 Å². The molecule has 0 atom stereocenters. The van der Waals surface area contributed by atoms with Crippen LogP contribution in [0.5, 0.6) is 0 Å². The maximum Gasteiger partial charge on any atom is 0.231 e. The van der Waals surface area contributed by atoms with Crippen LogP contribution in [0.3, 0.4) is 0 Å². The lowest BCUT2D eigenvalue weighted by molar-refractivity contribution is -0.125. The van der Waals surface area contributed by atoms with Crippen molar-refractivity contribution in [2.45, 2.75) is 26.2 Å². The first-order chi connectivity index (χ1) is 10.1. The summed E-state index contributed by atoms with van der Waals surface area (Å²) < 4.78 is 0. The van der Waals surface area contributed by atoms with Gasteiger partial charge < -0.3 is 5.32 Å². The van der Waals surface area contributed by atoms with Crippen LogP contribution >= 0.6 is 0 Å². The zero-order valence-corrected chi connectivity index (χ0v) is 12.1. The molecule has 21 heavy (non-hydrogen) atoms. The summed E-state index contributed by atoms with van der Waals surface area (Å²) >= 11 is 0. The lowest BCUT2D eigenvalue weighted by atomic mass is 10.0. The van der Waals surface area contributed by atoms with Gasteiger partial charge in [-0.25, -0.2) is 0 Å². The molecular formula is C18H19NO2. The molecule has 0 saturated heterocycles. The number of hydrogen-bond donors (Lipinski definition) is 1. The molecule has 1 aliphatic carbocycles. The van der Waals surface area contributed by atoms with Gasteiger partial charge in [-0.2, -0.15) is 0 Å². The van der Waals surface area contributed by atoms with Crippen LogP contribution in [0, 0.1) is 0 Å². The topological polar surface area (TPSA) is 46.2 Å². The number of para-hydroxylation sites is 1. The molecule has 0 radical (unpaired) electrons. The Labute approximate surface area is 125 Å². The van der Waals surface area contributed by atoms with Crippen molar-refractivity contribution in [1.29, 1.82) is 0 Å². The maximum absolute atomic E-state index is 12.0. The Balaban J connectivity index is 1.87. The molecule has 3 nitrogen and oxygen atoms in total. The van der Waals surface area contributed by atoms with Crippen molar-refractivity contribution in [2.24, 2.45) is 0 Å². The van der Waals surface area contributed by atoms with Gasteiger partial charge in [0.15, 0.2) is 0 Å². The van der Waals surface area contributed by atoms with Crippen molar-refractivity contribution < 1.29 is 9.59 Å². The van der Waals surface area contributed by atoms with Crippen LogP contribution in [0.15, 0.2) is 65.8 Å². The second kappa shape index (κ2) is 7.39. The number of carbonyl (C=O) groups is 2. The van der Waals surface area contributed by atoms with Gasteiger partial charge in [0.2, 0.25) is 5.91 Å². The normalized spacial score (nSPS) is 14.0. The highest BCUT2D eigenvalue weighted by Crippen LogP contribution is 2.15. The Morgan fingerprint density at radius 3 is 2.71 bits per heavy atom. The number of nitrogens with one attached hydrogen (secondary N) is 1. The number of Topliss-reactive ketones (excluding diaryl/α,β-unsaturated/α-hetero) is 1. The largest absolute Gasteiger partial charge is 0.326 e. The van der Waals surface area contributed by atoms with Crippen LogP contribution in [0.1, 0.15) is 26.2 Å². The summed E-state index contributed by atoms with van der Waals surface area (Å²) in [5, 5.41) is 2.72. The fourth-order valence-corrected chi connectivity index (χ4v) is 2.18. The van der Waals surface area contributed by atoms with Gasteiger partial charge >= 0.3 is 0 Å². The molecule has 1 aromatic rings. The lowest BCUT2D eigenvalue weighted by Gasteiger charge is -2.05. The van der Waals surface area contributed by atoms with E-state index in [0.717, 1.165) is 17.6 Å². The zero-order chi connectivity index (χ0) is 15.1. The van der Waals surface area contributed by atoms with Crippen LogP contribution in [-0.2, 0) is 9.59 Å². The van der Waals surface area contributed by atoms with Crippen molar-refractivity contribution in [2.75, 3.05) is 5.32 Å². The standard InChI is InChI=1S/C18H19NO2/c1-14-7-5-6-8-15(11-14)12-17(20)13-18(21)19-16-9-3-2-4-10-16/h2-4,6-11H,5,12-13H2,1H3,(H,19,21). The number of carbonyl (C=O) groups excluding carboxylic acids is 2. The van der Waals surface area contributed by atoms with E-state index in [1.807, 2.05) is 43.4 Å². The van der Waals surface area contributed by atoms with Gasteiger partial charge in [-0.1, -0.05) is 48.1 Å². The molecule has 1 N–H and O–H groups in total. The van der Waals surface area contributed by atoms with Crippen LogP contribution < -0.4 is 5.32 Å². The molecule has 0 bridgehead atoms. The van der Waals surface area contributed by atoms with E-state index in [1.165, 1.54) is 0 Å². The van der Waals surface area contributed by atoms with Gasteiger partial charge in [-0.3, -0.25) is 9.59 Å². The van der Waals surface area contributed by atoms with Gasteiger partial charge in [-0.15, -0.1) is 0 Å². The summed E-state index contributed by atoms with van der Waals surface area (Å²) in [5.74, 6) is -0.342. The van der Waals surface area contributed by atoms with E-state index in [9.17, 15) is 9.59 Å². The Bertz CT molecular complexity index is 609. The van der Waals surface area contributed by atoms with Crippen molar-refractivity contribution in [3.63, 3.8) is 0 Å². The van der Waals surface area contributed by atoms with Crippen molar-refractivity contribution >= 4 is 17.4 Å². The van der Waals surface area contributed by atoms with E-state index in [1.54, 1.807) is 12.1 Å².